The number of aromatic nitrogens is 2. The summed E-state index contributed by atoms with van der Waals surface area (Å²) >= 11 is 7.11. The van der Waals surface area contributed by atoms with Gasteiger partial charge in [0.25, 0.3) is 5.91 Å². The van der Waals surface area contributed by atoms with Gasteiger partial charge >= 0.3 is 0 Å². The van der Waals surface area contributed by atoms with Crippen LogP contribution in [0, 0.1) is 0 Å². The minimum absolute atomic E-state index is 0.0318. The minimum Gasteiger partial charge on any atom is -0.354 e. The predicted molar refractivity (Wildman–Crippen MR) is 120 cm³/mol. The molecule has 3 rings (SSSR count). The zero-order valence-corrected chi connectivity index (χ0v) is 18.2. The van der Waals surface area contributed by atoms with Crippen molar-refractivity contribution in [3.63, 3.8) is 0 Å². The summed E-state index contributed by atoms with van der Waals surface area (Å²) < 4.78 is 0. The van der Waals surface area contributed by atoms with Crippen molar-refractivity contribution in [2.45, 2.75) is 38.6 Å². The van der Waals surface area contributed by atoms with E-state index in [4.69, 9.17) is 11.6 Å². The Morgan fingerprint density at radius 3 is 2.63 bits per heavy atom. The van der Waals surface area contributed by atoms with Crippen molar-refractivity contribution in [3.8, 4) is 0 Å². The highest BCUT2D eigenvalue weighted by Gasteiger charge is 2.15. The van der Waals surface area contributed by atoms with Gasteiger partial charge in [0.05, 0.1) is 0 Å². The smallest absolute Gasteiger partial charge is 0.286 e. The van der Waals surface area contributed by atoms with E-state index < -0.39 is 0 Å². The SMILES string of the molecule is CC(CCc1ccccc1)NC(=O)CCc1nnc(C(=O)Nc2cccc(Cl)c2)s1. The normalized spacial score (nSPS) is 11.7. The van der Waals surface area contributed by atoms with Gasteiger partial charge in [-0.15, -0.1) is 10.2 Å². The molecule has 0 saturated heterocycles. The molecule has 0 aliphatic heterocycles. The van der Waals surface area contributed by atoms with Crippen LogP contribution in [0.5, 0.6) is 0 Å². The molecular weight excluding hydrogens is 420 g/mol. The number of nitrogens with one attached hydrogen (secondary N) is 2. The maximum Gasteiger partial charge on any atom is 0.286 e. The second-order valence-electron chi connectivity index (χ2n) is 6.96. The average Bonchev–Trinajstić information content (AvgIpc) is 3.21. The Hall–Kier alpha value is -2.77. The van der Waals surface area contributed by atoms with E-state index in [0.717, 1.165) is 12.8 Å². The van der Waals surface area contributed by atoms with Crippen molar-refractivity contribution >= 4 is 40.4 Å². The number of amides is 2. The molecular formula is C22H23ClN4O2S. The first-order chi connectivity index (χ1) is 14.5. The quantitative estimate of drug-likeness (QED) is 0.510. The van der Waals surface area contributed by atoms with Crippen LogP contribution in [0.15, 0.2) is 54.6 Å². The van der Waals surface area contributed by atoms with Gasteiger partial charge in [-0.3, -0.25) is 9.59 Å². The molecule has 1 aromatic heterocycles. The number of hydrogen-bond acceptors (Lipinski definition) is 5. The highest BCUT2D eigenvalue weighted by atomic mass is 35.5. The number of nitrogens with zero attached hydrogens (tertiary/aromatic N) is 2. The fraction of sp³-hybridized carbons (Fsp3) is 0.273. The zero-order valence-electron chi connectivity index (χ0n) is 16.6. The van der Waals surface area contributed by atoms with E-state index in [1.165, 1.54) is 16.9 Å². The third-order valence-electron chi connectivity index (χ3n) is 4.43. The van der Waals surface area contributed by atoms with Crippen LogP contribution in [0.1, 0.15) is 40.1 Å². The Kier molecular flexibility index (Phi) is 7.93. The van der Waals surface area contributed by atoms with Crippen LogP contribution in [-0.4, -0.2) is 28.1 Å². The summed E-state index contributed by atoms with van der Waals surface area (Å²) in [5.41, 5.74) is 1.85. The van der Waals surface area contributed by atoms with Gasteiger partial charge in [0.1, 0.15) is 5.01 Å². The Bertz CT molecular complexity index is 994. The highest BCUT2D eigenvalue weighted by molar-refractivity contribution is 7.13. The number of benzene rings is 2. The van der Waals surface area contributed by atoms with Gasteiger partial charge in [-0.25, -0.2) is 0 Å². The molecule has 2 N–H and O–H groups in total. The summed E-state index contributed by atoms with van der Waals surface area (Å²) in [5, 5.41) is 15.1. The van der Waals surface area contributed by atoms with Crippen LogP contribution in [0.4, 0.5) is 5.69 Å². The van der Waals surface area contributed by atoms with Crippen molar-refractivity contribution < 1.29 is 9.59 Å². The molecule has 0 aliphatic rings. The first-order valence-corrected chi connectivity index (χ1v) is 10.9. The van der Waals surface area contributed by atoms with Crippen LogP contribution >= 0.6 is 22.9 Å². The molecule has 6 nitrogen and oxygen atoms in total. The monoisotopic (exact) mass is 442 g/mol. The summed E-state index contributed by atoms with van der Waals surface area (Å²) in [6.45, 7) is 2.00. The number of aryl methyl sites for hydroxylation is 2. The molecule has 0 fully saturated rings. The molecule has 1 unspecified atom stereocenters. The number of rotatable bonds is 9. The van der Waals surface area contributed by atoms with Crippen molar-refractivity contribution in [3.05, 3.63) is 75.2 Å². The molecule has 0 spiro atoms. The second kappa shape index (κ2) is 10.8. The molecule has 156 valence electrons. The van der Waals surface area contributed by atoms with Crippen molar-refractivity contribution in [2.24, 2.45) is 0 Å². The van der Waals surface area contributed by atoms with Crippen LogP contribution in [0.25, 0.3) is 0 Å². The molecule has 3 aromatic rings. The highest BCUT2D eigenvalue weighted by Crippen LogP contribution is 2.18. The Morgan fingerprint density at radius 1 is 1.07 bits per heavy atom. The minimum atomic E-state index is -0.347. The summed E-state index contributed by atoms with van der Waals surface area (Å²) in [6, 6.07) is 17.2. The number of anilines is 1. The molecule has 8 heteroatoms. The van der Waals surface area contributed by atoms with Crippen LogP contribution in [0.3, 0.4) is 0 Å². The molecule has 1 heterocycles. The van der Waals surface area contributed by atoms with Gasteiger partial charge in [0.15, 0.2) is 0 Å². The summed E-state index contributed by atoms with van der Waals surface area (Å²) in [7, 11) is 0. The predicted octanol–water partition coefficient (Wildman–Crippen LogP) is 4.51. The molecule has 2 amide bonds. The van der Waals surface area contributed by atoms with Gasteiger partial charge in [0, 0.05) is 29.6 Å². The Labute approximate surface area is 184 Å². The number of hydrogen-bond donors (Lipinski definition) is 2. The van der Waals surface area contributed by atoms with Crippen molar-refractivity contribution in [1.29, 1.82) is 0 Å². The summed E-state index contributed by atoms with van der Waals surface area (Å²) in [6.07, 6.45) is 2.55. The fourth-order valence-corrected chi connectivity index (χ4v) is 3.79. The lowest BCUT2D eigenvalue weighted by molar-refractivity contribution is -0.121. The van der Waals surface area contributed by atoms with Crippen molar-refractivity contribution in [2.75, 3.05) is 5.32 Å². The molecule has 2 aromatic carbocycles. The molecule has 0 aliphatic carbocycles. The largest absolute Gasteiger partial charge is 0.354 e. The van der Waals surface area contributed by atoms with E-state index in [9.17, 15) is 9.59 Å². The van der Waals surface area contributed by atoms with E-state index >= 15 is 0 Å². The molecule has 30 heavy (non-hydrogen) atoms. The molecule has 0 bridgehead atoms. The lowest BCUT2D eigenvalue weighted by atomic mass is 10.1. The lowest BCUT2D eigenvalue weighted by Crippen LogP contribution is -2.33. The molecule has 1 atom stereocenters. The maximum absolute atomic E-state index is 12.3. The first kappa shape index (κ1) is 21.9. The van der Waals surface area contributed by atoms with E-state index in [1.807, 2.05) is 25.1 Å². The van der Waals surface area contributed by atoms with E-state index in [0.29, 0.717) is 28.6 Å². The van der Waals surface area contributed by atoms with Gasteiger partial charge in [-0.05, 0) is 43.5 Å². The fourth-order valence-electron chi connectivity index (χ4n) is 2.86. The summed E-state index contributed by atoms with van der Waals surface area (Å²) in [4.78, 5) is 24.5. The van der Waals surface area contributed by atoms with E-state index in [-0.39, 0.29) is 22.9 Å². The van der Waals surface area contributed by atoms with Gasteiger partial charge in [0.2, 0.25) is 10.9 Å². The Morgan fingerprint density at radius 2 is 1.87 bits per heavy atom. The standard InChI is InChI=1S/C22H23ClN4O2S/c1-15(10-11-16-6-3-2-4-7-16)24-19(28)12-13-20-26-27-22(30-20)21(29)25-18-9-5-8-17(23)14-18/h2-9,14-15H,10-13H2,1H3,(H,24,28)(H,25,29). The van der Waals surface area contributed by atoms with Gasteiger partial charge in [-0.2, -0.15) is 0 Å². The lowest BCUT2D eigenvalue weighted by Gasteiger charge is -2.13. The van der Waals surface area contributed by atoms with E-state index in [2.05, 4.69) is 33.0 Å². The van der Waals surface area contributed by atoms with E-state index in [1.54, 1.807) is 24.3 Å². The average molecular weight is 443 g/mol. The Balaban J connectivity index is 1.42. The first-order valence-electron chi connectivity index (χ1n) is 9.72. The molecule has 0 saturated carbocycles. The van der Waals surface area contributed by atoms with Gasteiger partial charge in [-0.1, -0.05) is 59.3 Å². The zero-order chi connectivity index (χ0) is 21.3. The number of carbonyl (C=O) groups is 2. The van der Waals surface area contributed by atoms with Crippen LogP contribution in [0.2, 0.25) is 5.02 Å². The summed E-state index contributed by atoms with van der Waals surface area (Å²) in [5.74, 6) is -0.379. The second-order valence-corrected chi connectivity index (χ2v) is 8.46. The maximum atomic E-state index is 12.3. The van der Waals surface area contributed by atoms with Gasteiger partial charge < -0.3 is 10.6 Å². The van der Waals surface area contributed by atoms with Crippen LogP contribution < -0.4 is 10.6 Å². The third kappa shape index (κ3) is 6.93. The molecule has 0 radical (unpaired) electrons. The number of carbonyl (C=O) groups excluding carboxylic acids is 2. The number of halogens is 1. The third-order valence-corrected chi connectivity index (χ3v) is 5.64. The van der Waals surface area contributed by atoms with Crippen LogP contribution in [-0.2, 0) is 17.6 Å². The topological polar surface area (TPSA) is 84.0 Å². The van der Waals surface area contributed by atoms with Crippen molar-refractivity contribution in [1.82, 2.24) is 15.5 Å².